The first-order chi connectivity index (χ1) is 7.18. The zero-order valence-electron chi connectivity index (χ0n) is 10.0. The summed E-state index contributed by atoms with van der Waals surface area (Å²) in [6.45, 7) is 5.51. The van der Waals surface area contributed by atoms with Gasteiger partial charge in [-0.05, 0) is 59.1 Å². The van der Waals surface area contributed by atoms with Gasteiger partial charge in [-0.15, -0.1) is 11.3 Å². The van der Waals surface area contributed by atoms with Crippen LogP contribution in [0.4, 0.5) is 0 Å². The topological polar surface area (TPSA) is 15.3 Å². The molecule has 1 N–H and O–H groups in total. The van der Waals surface area contributed by atoms with Crippen LogP contribution in [-0.2, 0) is 6.54 Å². The Balaban J connectivity index is 1.98. The molecule has 0 aromatic carbocycles. The number of nitrogens with zero attached hydrogens (tertiary/aromatic N) is 1. The van der Waals surface area contributed by atoms with Gasteiger partial charge in [-0.2, -0.15) is 0 Å². The Kier molecular flexibility index (Phi) is 5.91. The molecule has 1 heterocycles. The van der Waals surface area contributed by atoms with E-state index in [0.29, 0.717) is 0 Å². The number of hydrogen-bond donors (Lipinski definition) is 1. The van der Waals surface area contributed by atoms with E-state index in [1.165, 1.54) is 29.1 Å². The summed E-state index contributed by atoms with van der Waals surface area (Å²) < 4.78 is 0. The molecule has 0 bridgehead atoms. The predicted molar refractivity (Wildman–Crippen MR) is 68.6 cm³/mol. The van der Waals surface area contributed by atoms with Crippen LogP contribution in [0.25, 0.3) is 0 Å². The standard InChI is InChI=1S/C12H22N2S/c1-11-6-7-12(15-11)10-13-8-4-5-9-14(2)3/h6-7,13H,4-5,8-10H2,1-3H3. The fraction of sp³-hybridized carbons (Fsp3) is 0.667. The van der Waals surface area contributed by atoms with Crippen LogP contribution in [0.3, 0.4) is 0 Å². The number of aryl methyl sites for hydroxylation is 1. The normalized spacial score (nSPS) is 11.2. The number of nitrogens with one attached hydrogen (secondary N) is 1. The van der Waals surface area contributed by atoms with Crippen molar-refractivity contribution in [3.05, 3.63) is 21.9 Å². The van der Waals surface area contributed by atoms with Crippen LogP contribution in [0, 0.1) is 6.92 Å². The monoisotopic (exact) mass is 226 g/mol. The fourth-order valence-electron chi connectivity index (χ4n) is 1.47. The molecule has 0 aliphatic carbocycles. The summed E-state index contributed by atoms with van der Waals surface area (Å²) >= 11 is 1.89. The highest BCUT2D eigenvalue weighted by molar-refractivity contribution is 7.11. The van der Waals surface area contributed by atoms with E-state index < -0.39 is 0 Å². The maximum Gasteiger partial charge on any atom is 0.0299 e. The van der Waals surface area contributed by atoms with Crippen LogP contribution in [-0.4, -0.2) is 32.1 Å². The third kappa shape index (κ3) is 5.92. The van der Waals surface area contributed by atoms with Crippen LogP contribution in [0.15, 0.2) is 12.1 Å². The molecule has 15 heavy (non-hydrogen) atoms. The second-order valence-electron chi connectivity index (χ2n) is 4.20. The van der Waals surface area contributed by atoms with E-state index in [1.807, 2.05) is 11.3 Å². The predicted octanol–water partition coefficient (Wildman–Crippen LogP) is 2.49. The summed E-state index contributed by atoms with van der Waals surface area (Å²) in [5.74, 6) is 0. The van der Waals surface area contributed by atoms with Gasteiger partial charge in [0.2, 0.25) is 0 Å². The minimum atomic E-state index is 1.03. The lowest BCUT2D eigenvalue weighted by Gasteiger charge is -2.08. The summed E-state index contributed by atoms with van der Waals surface area (Å²) in [5, 5.41) is 3.48. The molecule has 2 nitrogen and oxygen atoms in total. The molecular weight excluding hydrogens is 204 g/mol. The molecule has 0 unspecified atom stereocenters. The lowest BCUT2D eigenvalue weighted by atomic mass is 10.3. The van der Waals surface area contributed by atoms with Crippen molar-refractivity contribution in [2.45, 2.75) is 26.3 Å². The minimum Gasteiger partial charge on any atom is -0.312 e. The SMILES string of the molecule is Cc1ccc(CNCCCCN(C)C)s1. The summed E-state index contributed by atoms with van der Waals surface area (Å²) in [5.41, 5.74) is 0. The maximum atomic E-state index is 3.48. The highest BCUT2D eigenvalue weighted by Crippen LogP contribution is 2.14. The van der Waals surface area contributed by atoms with Gasteiger partial charge in [0.15, 0.2) is 0 Å². The first-order valence-corrected chi connectivity index (χ1v) is 6.41. The number of thiophene rings is 1. The first kappa shape index (κ1) is 12.7. The van der Waals surface area contributed by atoms with E-state index in [-0.39, 0.29) is 0 Å². The minimum absolute atomic E-state index is 1.03. The van der Waals surface area contributed by atoms with Gasteiger partial charge in [0.1, 0.15) is 0 Å². The van der Waals surface area contributed by atoms with Crippen LogP contribution < -0.4 is 5.32 Å². The van der Waals surface area contributed by atoms with Crippen LogP contribution in [0.2, 0.25) is 0 Å². The molecule has 0 amide bonds. The molecule has 1 aromatic heterocycles. The van der Waals surface area contributed by atoms with Crippen molar-refractivity contribution in [2.75, 3.05) is 27.2 Å². The van der Waals surface area contributed by atoms with Gasteiger partial charge in [-0.25, -0.2) is 0 Å². The van der Waals surface area contributed by atoms with Crippen molar-refractivity contribution >= 4 is 11.3 Å². The molecule has 0 spiro atoms. The molecule has 3 heteroatoms. The van der Waals surface area contributed by atoms with Gasteiger partial charge in [0.05, 0.1) is 0 Å². The van der Waals surface area contributed by atoms with E-state index in [2.05, 4.69) is 43.4 Å². The Morgan fingerprint density at radius 2 is 2.07 bits per heavy atom. The van der Waals surface area contributed by atoms with Gasteiger partial charge in [-0.1, -0.05) is 0 Å². The lowest BCUT2D eigenvalue weighted by Crippen LogP contribution is -2.17. The molecule has 0 atom stereocenters. The molecule has 0 fully saturated rings. The van der Waals surface area contributed by atoms with Crippen molar-refractivity contribution in [3.63, 3.8) is 0 Å². The molecule has 0 radical (unpaired) electrons. The average molecular weight is 226 g/mol. The Morgan fingerprint density at radius 3 is 2.67 bits per heavy atom. The van der Waals surface area contributed by atoms with Crippen molar-refractivity contribution in [3.8, 4) is 0 Å². The van der Waals surface area contributed by atoms with Crippen molar-refractivity contribution in [1.29, 1.82) is 0 Å². The summed E-state index contributed by atoms with van der Waals surface area (Å²) in [7, 11) is 4.25. The Morgan fingerprint density at radius 1 is 1.27 bits per heavy atom. The Labute approximate surface area is 97.3 Å². The summed E-state index contributed by atoms with van der Waals surface area (Å²) in [4.78, 5) is 5.09. The smallest absolute Gasteiger partial charge is 0.0299 e. The quantitative estimate of drug-likeness (QED) is 0.719. The van der Waals surface area contributed by atoms with E-state index in [0.717, 1.165) is 13.1 Å². The van der Waals surface area contributed by atoms with E-state index in [9.17, 15) is 0 Å². The summed E-state index contributed by atoms with van der Waals surface area (Å²) in [6, 6.07) is 4.40. The molecule has 86 valence electrons. The van der Waals surface area contributed by atoms with Gasteiger partial charge < -0.3 is 10.2 Å². The largest absolute Gasteiger partial charge is 0.312 e. The third-order valence-corrected chi connectivity index (χ3v) is 3.30. The average Bonchev–Trinajstić information content (AvgIpc) is 2.57. The van der Waals surface area contributed by atoms with E-state index in [4.69, 9.17) is 0 Å². The molecule has 0 aliphatic heterocycles. The fourth-order valence-corrected chi connectivity index (χ4v) is 2.33. The summed E-state index contributed by atoms with van der Waals surface area (Å²) in [6.07, 6.45) is 2.55. The number of rotatable bonds is 7. The van der Waals surface area contributed by atoms with Crippen LogP contribution in [0.1, 0.15) is 22.6 Å². The van der Waals surface area contributed by atoms with Crippen molar-refractivity contribution in [2.24, 2.45) is 0 Å². The van der Waals surface area contributed by atoms with Crippen LogP contribution in [0.5, 0.6) is 0 Å². The van der Waals surface area contributed by atoms with Gasteiger partial charge in [-0.3, -0.25) is 0 Å². The van der Waals surface area contributed by atoms with E-state index >= 15 is 0 Å². The van der Waals surface area contributed by atoms with Gasteiger partial charge in [0.25, 0.3) is 0 Å². The molecule has 1 aromatic rings. The third-order valence-electron chi connectivity index (χ3n) is 2.30. The number of hydrogen-bond acceptors (Lipinski definition) is 3. The van der Waals surface area contributed by atoms with Crippen LogP contribution >= 0.6 is 11.3 Å². The molecule has 0 aliphatic rings. The molecule has 0 saturated carbocycles. The van der Waals surface area contributed by atoms with Gasteiger partial charge in [0, 0.05) is 16.3 Å². The highest BCUT2D eigenvalue weighted by Gasteiger charge is 1.96. The maximum absolute atomic E-state index is 3.48. The second-order valence-corrected chi connectivity index (χ2v) is 5.57. The second kappa shape index (κ2) is 6.99. The lowest BCUT2D eigenvalue weighted by molar-refractivity contribution is 0.392. The zero-order valence-corrected chi connectivity index (χ0v) is 10.9. The van der Waals surface area contributed by atoms with Gasteiger partial charge >= 0.3 is 0 Å². The van der Waals surface area contributed by atoms with E-state index in [1.54, 1.807) is 0 Å². The molecule has 0 saturated heterocycles. The van der Waals surface area contributed by atoms with Crippen molar-refractivity contribution < 1.29 is 0 Å². The zero-order chi connectivity index (χ0) is 11.1. The Bertz CT molecular complexity index is 268. The van der Waals surface area contributed by atoms with Crippen molar-refractivity contribution in [1.82, 2.24) is 10.2 Å². The molecular formula is C12H22N2S. The highest BCUT2D eigenvalue weighted by atomic mass is 32.1. The number of unbranched alkanes of at least 4 members (excludes halogenated alkanes) is 1. The Hall–Kier alpha value is -0.380. The first-order valence-electron chi connectivity index (χ1n) is 5.59. The molecule has 1 rings (SSSR count).